The molecule has 2 aromatic rings. The first-order valence-electron chi connectivity index (χ1n) is 5.05. The van der Waals surface area contributed by atoms with Crippen LogP contribution in [-0.4, -0.2) is 0 Å². The van der Waals surface area contributed by atoms with Crippen LogP contribution in [0.5, 0.6) is 0 Å². The van der Waals surface area contributed by atoms with Crippen LogP contribution in [0.3, 0.4) is 0 Å². The lowest BCUT2D eigenvalue weighted by Gasteiger charge is -2.09. The summed E-state index contributed by atoms with van der Waals surface area (Å²) in [5.41, 5.74) is 8.04. The van der Waals surface area contributed by atoms with E-state index in [-0.39, 0.29) is 5.82 Å². The number of hydrogen-bond donors (Lipinski definition) is 1. The van der Waals surface area contributed by atoms with E-state index >= 15 is 0 Å². The predicted molar refractivity (Wildman–Crippen MR) is 69.7 cm³/mol. The molecule has 0 heterocycles. The van der Waals surface area contributed by atoms with Crippen molar-refractivity contribution in [2.24, 2.45) is 5.73 Å². The molecule has 0 aliphatic rings. The van der Waals surface area contributed by atoms with Gasteiger partial charge in [-0.15, -0.1) is 0 Å². The standard InChI is InChI=1S/C13H10Cl2FN/c14-12-4-2-8(5-13(12)15)11-6-10(16)3-1-9(11)7-17/h1-6H,7,17H2. The van der Waals surface area contributed by atoms with Gasteiger partial charge in [0.25, 0.3) is 0 Å². The summed E-state index contributed by atoms with van der Waals surface area (Å²) in [6.45, 7) is 0.343. The van der Waals surface area contributed by atoms with Gasteiger partial charge < -0.3 is 5.73 Å². The van der Waals surface area contributed by atoms with Gasteiger partial charge in [-0.1, -0.05) is 35.3 Å². The molecule has 0 saturated heterocycles. The molecular formula is C13H10Cl2FN. The first-order valence-corrected chi connectivity index (χ1v) is 5.81. The lowest BCUT2D eigenvalue weighted by Crippen LogP contribution is -1.99. The molecule has 0 aliphatic heterocycles. The maximum atomic E-state index is 13.2. The SMILES string of the molecule is NCc1ccc(F)cc1-c1ccc(Cl)c(Cl)c1. The number of benzene rings is 2. The third-order valence-corrected chi connectivity index (χ3v) is 3.26. The second-order valence-electron chi connectivity index (χ2n) is 3.63. The van der Waals surface area contributed by atoms with Crippen LogP contribution in [0.1, 0.15) is 5.56 Å². The zero-order valence-corrected chi connectivity index (χ0v) is 10.4. The van der Waals surface area contributed by atoms with Gasteiger partial charge in [0.2, 0.25) is 0 Å². The third-order valence-electron chi connectivity index (χ3n) is 2.52. The summed E-state index contributed by atoms with van der Waals surface area (Å²) in [5.74, 6) is -0.303. The van der Waals surface area contributed by atoms with Gasteiger partial charge in [-0.2, -0.15) is 0 Å². The highest BCUT2D eigenvalue weighted by Gasteiger charge is 2.07. The molecule has 0 bridgehead atoms. The van der Waals surface area contributed by atoms with Crippen molar-refractivity contribution in [1.29, 1.82) is 0 Å². The number of hydrogen-bond acceptors (Lipinski definition) is 1. The van der Waals surface area contributed by atoms with Crippen LogP contribution in [0.15, 0.2) is 36.4 Å². The Labute approximate surface area is 109 Å². The first kappa shape index (κ1) is 12.4. The van der Waals surface area contributed by atoms with E-state index in [9.17, 15) is 4.39 Å². The molecule has 88 valence electrons. The predicted octanol–water partition coefficient (Wildman–Crippen LogP) is 4.26. The molecule has 0 aromatic heterocycles. The van der Waals surface area contributed by atoms with Crippen LogP contribution in [-0.2, 0) is 6.54 Å². The highest BCUT2D eigenvalue weighted by Crippen LogP contribution is 2.30. The normalized spacial score (nSPS) is 10.6. The molecule has 0 unspecified atom stereocenters. The van der Waals surface area contributed by atoms with E-state index in [0.717, 1.165) is 16.7 Å². The molecule has 17 heavy (non-hydrogen) atoms. The molecule has 0 spiro atoms. The highest BCUT2D eigenvalue weighted by atomic mass is 35.5. The van der Waals surface area contributed by atoms with Crippen molar-refractivity contribution in [3.05, 3.63) is 57.8 Å². The quantitative estimate of drug-likeness (QED) is 0.866. The number of rotatable bonds is 2. The number of nitrogens with two attached hydrogens (primary N) is 1. The van der Waals surface area contributed by atoms with Gasteiger partial charge in [-0.25, -0.2) is 4.39 Å². The van der Waals surface area contributed by atoms with E-state index in [0.29, 0.717) is 16.6 Å². The lowest BCUT2D eigenvalue weighted by molar-refractivity contribution is 0.627. The monoisotopic (exact) mass is 269 g/mol. The minimum atomic E-state index is -0.303. The van der Waals surface area contributed by atoms with E-state index in [1.165, 1.54) is 12.1 Å². The zero-order valence-electron chi connectivity index (χ0n) is 8.88. The molecule has 0 fully saturated rings. The molecule has 0 saturated carbocycles. The Balaban J connectivity index is 2.58. The van der Waals surface area contributed by atoms with Gasteiger partial charge in [0.1, 0.15) is 5.82 Å². The van der Waals surface area contributed by atoms with Crippen LogP contribution in [0.25, 0.3) is 11.1 Å². The van der Waals surface area contributed by atoms with Gasteiger partial charge in [0.15, 0.2) is 0 Å². The third kappa shape index (κ3) is 2.60. The Morgan fingerprint density at radius 1 is 1.00 bits per heavy atom. The van der Waals surface area contributed by atoms with Crippen LogP contribution in [0.4, 0.5) is 4.39 Å². The molecule has 0 atom stereocenters. The Bertz CT molecular complexity index is 555. The first-order chi connectivity index (χ1) is 8.11. The maximum absolute atomic E-state index is 13.2. The molecule has 2 rings (SSSR count). The summed E-state index contributed by atoms with van der Waals surface area (Å²) in [5, 5.41) is 0.914. The van der Waals surface area contributed by atoms with Crippen molar-refractivity contribution in [1.82, 2.24) is 0 Å². The molecular weight excluding hydrogens is 260 g/mol. The molecule has 0 radical (unpaired) electrons. The van der Waals surface area contributed by atoms with Crippen molar-refractivity contribution < 1.29 is 4.39 Å². The minimum Gasteiger partial charge on any atom is -0.326 e. The van der Waals surface area contributed by atoms with Gasteiger partial charge in [-0.05, 0) is 41.0 Å². The summed E-state index contributed by atoms with van der Waals surface area (Å²) in [7, 11) is 0. The van der Waals surface area contributed by atoms with Gasteiger partial charge >= 0.3 is 0 Å². The fourth-order valence-electron chi connectivity index (χ4n) is 1.66. The molecule has 4 heteroatoms. The molecule has 1 nitrogen and oxygen atoms in total. The van der Waals surface area contributed by atoms with Crippen molar-refractivity contribution in [3.63, 3.8) is 0 Å². The van der Waals surface area contributed by atoms with E-state index in [1.807, 2.05) is 0 Å². The van der Waals surface area contributed by atoms with Crippen LogP contribution < -0.4 is 5.73 Å². The fourth-order valence-corrected chi connectivity index (χ4v) is 1.96. The highest BCUT2D eigenvalue weighted by molar-refractivity contribution is 6.42. The van der Waals surface area contributed by atoms with Crippen molar-refractivity contribution in [2.45, 2.75) is 6.54 Å². The molecule has 2 N–H and O–H groups in total. The fraction of sp³-hybridized carbons (Fsp3) is 0.0769. The minimum absolute atomic E-state index is 0.303. The molecule has 0 aliphatic carbocycles. The van der Waals surface area contributed by atoms with Crippen LogP contribution >= 0.6 is 23.2 Å². The molecule has 2 aromatic carbocycles. The number of halogens is 3. The maximum Gasteiger partial charge on any atom is 0.123 e. The second kappa shape index (κ2) is 5.05. The van der Waals surface area contributed by atoms with Crippen molar-refractivity contribution in [2.75, 3.05) is 0 Å². The smallest absolute Gasteiger partial charge is 0.123 e. The van der Waals surface area contributed by atoms with Gasteiger partial charge in [0.05, 0.1) is 10.0 Å². The Hall–Kier alpha value is -1.09. The Morgan fingerprint density at radius 3 is 2.41 bits per heavy atom. The lowest BCUT2D eigenvalue weighted by atomic mass is 9.99. The summed E-state index contributed by atoms with van der Waals surface area (Å²) < 4.78 is 13.2. The summed E-state index contributed by atoms with van der Waals surface area (Å²) >= 11 is 11.8. The van der Waals surface area contributed by atoms with Crippen LogP contribution in [0.2, 0.25) is 10.0 Å². The summed E-state index contributed by atoms with van der Waals surface area (Å²) in [6.07, 6.45) is 0. The van der Waals surface area contributed by atoms with Gasteiger partial charge in [-0.3, -0.25) is 0 Å². The van der Waals surface area contributed by atoms with Crippen molar-refractivity contribution in [3.8, 4) is 11.1 Å². The Kier molecular flexibility index (Phi) is 3.67. The molecule has 0 amide bonds. The second-order valence-corrected chi connectivity index (χ2v) is 4.45. The summed E-state index contributed by atoms with van der Waals surface area (Å²) in [6, 6.07) is 9.70. The van der Waals surface area contributed by atoms with Gasteiger partial charge in [0, 0.05) is 6.54 Å². The Morgan fingerprint density at radius 2 is 1.76 bits per heavy atom. The topological polar surface area (TPSA) is 26.0 Å². The van der Waals surface area contributed by atoms with E-state index < -0.39 is 0 Å². The van der Waals surface area contributed by atoms with Crippen LogP contribution in [0, 0.1) is 5.82 Å². The van der Waals surface area contributed by atoms with E-state index in [1.54, 1.807) is 24.3 Å². The largest absolute Gasteiger partial charge is 0.326 e. The average Bonchev–Trinajstić information content (AvgIpc) is 2.32. The van der Waals surface area contributed by atoms with Crippen molar-refractivity contribution >= 4 is 23.2 Å². The summed E-state index contributed by atoms with van der Waals surface area (Å²) in [4.78, 5) is 0. The zero-order chi connectivity index (χ0) is 12.4. The van der Waals surface area contributed by atoms with E-state index in [4.69, 9.17) is 28.9 Å². The average molecular weight is 270 g/mol. The van der Waals surface area contributed by atoms with E-state index in [2.05, 4.69) is 0 Å².